The van der Waals surface area contributed by atoms with E-state index < -0.39 is 0 Å². The maximum absolute atomic E-state index is 5.12. The summed E-state index contributed by atoms with van der Waals surface area (Å²) in [7, 11) is 0. The SMILES string of the molecule is c1ccc(-n2c(-c3ccc(-c4ccc5c(c4)c4cc6ccccc6cc4c4nc6ccccc6n54)cc3)nc3ccccc32)cc1. The number of pyridine rings is 1. The molecule has 3 heterocycles. The number of imidazole rings is 2. The van der Waals surface area contributed by atoms with Gasteiger partial charge in [0.15, 0.2) is 0 Å². The quantitative estimate of drug-likeness (QED) is 0.152. The van der Waals surface area contributed by atoms with Crippen LogP contribution in [0.5, 0.6) is 0 Å². The van der Waals surface area contributed by atoms with Crippen LogP contribution in [0.15, 0.2) is 158 Å². The van der Waals surface area contributed by atoms with E-state index in [1.807, 2.05) is 12.1 Å². The van der Waals surface area contributed by atoms with Gasteiger partial charge < -0.3 is 0 Å². The number of benzene rings is 7. The number of nitrogens with zero attached hydrogens (tertiary/aromatic N) is 4. The Morgan fingerprint density at radius 1 is 0.391 bits per heavy atom. The molecule has 7 aromatic carbocycles. The Balaban J connectivity index is 1.17. The Hall–Kier alpha value is -6.26. The molecule has 0 atom stereocenters. The summed E-state index contributed by atoms with van der Waals surface area (Å²) in [5.74, 6) is 0.935. The lowest BCUT2D eigenvalue weighted by atomic mass is 9.97. The van der Waals surface area contributed by atoms with Crippen LogP contribution in [0.1, 0.15) is 0 Å². The van der Waals surface area contributed by atoms with Gasteiger partial charge in [0.25, 0.3) is 0 Å². The van der Waals surface area contributed by atoms with Crippen molar-refractivity contribution in [3.8, 4) is 28.2 Å². The molecule has 0 spiro atoms. The van der Waals surface area contributed by atoms with Gasteiger partial charge in [-0.25, -0.2) is 9.97 Å². The topological polar surface area (TPSA) is 35.1 Å². The number of hydrogen-bond acceptors (Lipinski definition) is 2. The molecule has 214 valence electrons. The summed E-state index contributed by atoms with van der Waals surface area (Å²) in [5, 5.41) is 6.04. The second kappa shape index (κ2) is 9.62. The first-order chi connectivity index (χ1) is 22.8. The molecule has 4 nitrogen and oxygen atoms in total. The summed E-state index contributed by atoms with van der Waals surface area (Å²) in [4.78, 5) is 10.2. The van der Waals surface area contributed by atoms with Gasteiger partial charge in [0.1, 0.15) is 11.5 Å². The predicted octanol–water partition coefficient (Wildman–Crippen LogP) is 10.6. The molecule has 0 N–H and O–H groups in total. The monoisotopic (exact) mass is 586 g/mol. The van der Waals surface area contributed by atoms with Crippen LogP contribution in [-0.2, 0) is 0 Å². The molecule has 10 aromatic rings. The first kappa shape index (κ1) is 25.1. The molecule has 0 bridgehead atoms. The highest BCUT2D eigenvalue weighted by Gasteiger charge is 2.17. The van der Waals surface area contributed by atoms with Gasteiger partial charge in [-0.3, -0.25) is 8.97 Å². The highest BCUT2D eigenvalue weighted by molar-refractivity contribution is 6.18. The van der Waals surface area contributed by atoms with Gasteiger partial charge in [0, 0.05) is 22.0 Å². The predicted molar refractivity (Wildman–Crippen MR) is 191 cm³/mol. The van der Waals surface area contributed by atoms with E-state index in [1.165, 1.54) is 27.1 Å². The maximum atomic E-state index is 5.12. The number of aromatic nitrogens is 4. The van der Waals surface area contributed by atoms with Gasteiger partial charge >= 0.3 is 0 Å². The van der Waals surface area contributed by atoms with E-state index in [4.69, 9.17) is 9.97 Å². The van der Waals surface area contributed by atoms with Crippen LogP contribution in [0.2, 0.25) is 0 Å². The Kier molecular flexibility index (Phi) is 5.25. The van der Waals surface area contributed by atoms with Crippen LogP contribution >= 0.6 is 0 Å². The van der Waals surface area contributed by atoms with Crippen molar-refractivity contribution in [3.63, 3.8) is 0 Å². The number of hydrogen-bond donors (Lipinski definition) is 0. The Morgan fingerprint density at radius 2 is 1.00 bits per heavy atom. The standard InChI is InChI=1S/C42H26N4/c1-2-12-32(13-3-1)45-39-16-8-6-14-36(39)43-41(45)28-20-18-27(19-21-28)31-22-23-38-34(25-31)33-24-29-10-4-5-11-30(29)26-35(33)42-44-37-15-7-9-17-40(37)46(38)42/h1-26H. The van der Waals surface area contributed by atoms with E-state index in [2.05, 4.69) is 155 Å². The minimum absolute atomic E-state index is 0.935. The zero-order chi connectivity index (χ0) is 30.2. The van der Waals surface area contributed by atoms with Gasteiger partial charge in [-0.2, -0.15) is 0 Å². The number of para-hydroxylation sites is 5. The molecular weight excluding hydrogens is 560 g/mol. The van der Waals surface area contributed by atoms with Crippen molar-refractivity contribution < 1.29 is 0 Å². The first-order valence-corrected chi connectivity index (χ1v) is 15.6. The fourth-order valence-electron chi connectivity index (χ4n) is 7.09. The van der Waals surface area contributed by atoms with Crippen LogP contribution in [0.25, 0.3) is 88.4 Å². The van der Waals surface area contributed by atoms with Crippen molar-refractivity contribution >= 4 is 60.2 Å². The Labute approximate surface area is 264 Å². The molecule has 0 unspecified atom stereocenters. The van der Waals surface area contributed by atoms with E-state index in [-0.39, 0.29) is 0 Å². The van der Waals surface area contributed by atoms with E-state index in [0.29, 0.717) is 0 Å². The average molecular weight is 587 g/mol. The largest absolute Gasteiger partial charge is 0.292 e. The molecule has 46 heavy (non-hydrogen) atoms. The molecule has 0 amide bonds. The minimum atomic E-state index is 0.935. The van der Waals surface area contributed by atoms with Crippen LogP contribution in [0, 0.1) is 0 Å². The van der Waals surface area contributed by atoms with E-state index in [1.54, 1.807) is 0 Å². The molecule has 4 heteroatoms. The first-order valence-electron chi connectivity index (χ1n) is 15.6. The zero-order valence-corrected chi connectivity index (χ0v) is 24.8. The lowest BCUT2D eigenvalue weighted by molar-refractivity contribution is 1.10. The summed E-state index contributed by atoms with van der Waals surface area (Å²) >= 11 is 0. The smallest absolute Gasteiger partial charge is 0.146 e. The van der Waals surface area contributed by atoms with Gasteiger partial charge in [-0.05, 0) is 87.9 Å². The van der Waals surface area contributed by atoms with Crippen LogP contribution in [0.3, 0.4) is 0 Å². The molecule has 0 fully saturated rings. The second-order valence-corrected chi connectivity index (χ2v) is 11.9. The van der Waals surface area contributed by atoms with E-state index in [0.717, 1.165) is 61.3 Å². The summed E-state index contributed by atoms with van der Waals surface area (Å²) < 4.78 is 4.57. The summed E-state index contributed by atoms with van der Waals surface area (Å²) in [6.07, 6.45) is 0. The second-order valence-electron chi connectivity index (χ2n) is 11.9. The van der Waals surface area contributed by atoms with Crippen molar-refractivity contribution in [3.05, 3.63) is 158 Å². The molecule has 10 rings (SSSR count). The fraction of sp³-hybridized carbons (Fsp3) is 0. The molecular formula is C42H26N4. The molecule has 0 aliphatic rings. The van der Waals surface area contributed by atoms with Crippen LogP contribution < -0.4 is 0 Å². The van der Waals surface area contributed by atoms with Crippen LogP contribution in [-0.4, -0.2) is 18.9 Å². The normalized spacial score (nSPS) is 11.9. The highest BCUT2D eigenvalue weighted by atomic mass is 15.1. The zero-order valence-electron chi connectivity index (χ0n) is 24.8. The number of fused-ring (bicyclic) bond motifs is 10. The van der Waals surface area contributed by atoms with Gasteiger partial charge in [-0.1, -0.05) is 97.1 Å². The van der Waals surface area contributed by atoms with Gasteiger partial charge in [0.2, 0.25) is 0 Å². The molecule has 0 aliphatic carbocycles. The fourth-order valence-corrected chi connectivity index (χ4v) is 7.09. The summed E-state index contributed by atoms with van der Waals surface area (Å²) in [6.45, 7) is 0. The number of rotatable bonds is 3. The maximum Gasteiger partial charge on any atom is 0.146 e. The average Bonchev–Trinajstić information content (AvgIpc) is 3.71. The van der Waals surface area contributed by atoms with Crippen molar-refractivity contribution in [1.82, 2.24) is 18.9 Å². The van der Waals surface area contributed by atoms with Crippen molar-refractivity contribution in [2.45, 2.75) is 0 Å². The van der Waals surface area contributed by atoms with Crippen molar-refractivity contribution in [2.24, 2.45) is 0 Å². The van der Waals surface area contributed by atoms with Crippen LogP contribution in [0.4, 0.5) is 0 Å². The lowest BCUT2D eigenvalue weighted by Gasteiger charge is -2.13. The summed E-state index contributed by atoms with van der Waals surface area (Å²) in [5.41, 5.74) is 10.9. The highest BCUT2D eigenvalue weighted by Crippen LogP contribution is 2.37. The Bertz CT molecular complexity index is 2790. The van der Waals surface area contributed by atoms with Crippen molar-refractivity contribution in [1.29, 1.82) is 0 Å². The third kappa shape index (κ3) is 3.67. The molecule has 0 saturated carbocycles. The van der Waals surface area contributed by atoms with Gasteiger partial charge in [-0.15, -0.1) is 0 Å². The van der Waals surface area contributed by atoms with E-state index in [9.17, 15) is 0 Å². The van der Waals surface area contributed by atoms with Crippen molar-refractivity contribution in [2.75, 3.05) is 0 Å². The molecule has 0 aliphatic heterocycles. The minimum Gasteiger partial charge on any atom is -0.292 e. The Morgan fingerprint density at radius 3 is 1.78 bits per heavy atom. The summed E-state index contributed by atoms with van der Waals surface area (Å²) in [6, 6.07) is 56.1. The van der Waals surface area contributed by atoms with Gasteiger partial charge in [0.05, 0.1) is 27.6 Å². The molecule has 0 radical (unpaired) electrons. The lowest BCUT2D eigenvalue weighted by Crippen LogP contribution is -1.97. The third-order valence-electron chi connectivity index (χ3n) is 9.27. The third-order valence-corrected chi connectivity index (χ3v) is 9.27. The molecule has 0 saturated heterocycles. The molecule has 3 aromatic heterocycles. The van der Waals surface area contributed by atoms with E-state index >= 15 is 0 Å².